The molecule has 0 aliphatic carbocycles. The Labute approximate surface area is 143 Å². The van der Waals surface area contributed by atoms with Crippen LogP contribution in [0.15, 0.2) is 24.3 Å². The molecular formula is C18H27N3OS. The first-order valence-electron chi connectivity index (χ1n) is 8.65. The summed E-state index contributed by atoms with van der Waals surface area (Å²) in [5.74, 6) is 1.51. The molecule has 1 atom stereocenters. The van der Waals surface area contributed by atoms with Crippen LogP contribution in [-0.4, -0.2) is 54.5 Å². The van der Waals surface area contributed by atoms with Gasteiger partial charge >= 0.3 is 0 Å². The normalized spacial score (nSPS) is 21.7. The molecule has 2 saturated heterocycles. The number of nitrogens with one attached hydrogen (secondary N) is 1. The zero-order valence-corrected chi connectivity index (χ0v) is 14.8. The van der Waals surface area contributed by atoms with Gasteiger partial charge in [-0.2, -0.15) is 11.8 Å². The molecule has 0 radical (unpaired) electrons. The molecule has 0 aromatic heterocycles. The van der Waals surface area contributed by atoms with Crippen LogP contribution in [0.1, 0.15) is 25.3 Å². The number of benzene rings is 1. The number of rotatable bonds is 5. The lowest BCUT2D eigenvalue weighted by Crippen LogP contribution is -2.48. The highest BCUT2D eigenvalue weighted by atomic mass is 32.2. The van der Waals surface area contributed by atoms with E-state index in [1.54, 1.807) is 6.92 Å². The fraction of sp³-hybridized carbons (Fsp3) is 0.611. The van der Waals surface area contributed by atoms with Crippen molar-refractivity contribution in [1.82, 2.24) is 10.2 Å². The summed E-state index contributed by atoms with van der Waals surface area (Å²) in [4.78, 5) is 15.8. The fourth-order valence-electron chi connectivity index (χ4n) is 3.40. The summed E-state index contributed by atoms with van der Waals surface area (Å²) < 4.78 is 0. The van der Waals surface area contributed by atoms with Crippen LogP contribution in [0.3, 0.4) is 0 Å². The predicted octanol–water partition coefficient (Wildman–Crippen LogP) is 2.34. The van der Waals surface area contributed by atoms with Gasteiger partial charge in [0.1, 0.15) is 0 Å². The third-order valence-corrected chi connectivity index (χ3v) is 6.17. The van der Waals surface area contributed by atoms with Crippen molar-refractivity contribution in [1.29, 1.82) is 0 Å². The second-order valence-corrected chi connectivity index (χ2v) is 7.80. The lowest BCUT2D eigenvalue weighted by molar-refractivity contribution is -0.129. The van der Waals surface area contributed by atoms with Crippen molar-refractivity contribution >= 4 is 23.4 Å². The molecule has 23 heavy (non-hydrogen) atoms. The van der Waals surface area contributed by atoms with Crippen LogP contribution in [0, 0.1) is 0 Å². The van der Waals surface area contributed by atoms with Gasteiger partial charge in [0.05, 0.1) is 0 Å². The topological polar surface area (TPSA) is 35.6 Å². The number of carbonyl (C=O) groups is 1. The van der Waals surface area contributed by atoms with Crippen LogP contribution < -0.4 is 10.2 Å². The van der Waals surface area contributed by atoms with Gasteiger partial charge in [-0.25, -0.2) is 0 Å². The van der Waals surface area contributed by atoms with Crippen molar-refractivity contribution < 1.29 is 4.79 Å². The summed E-state index contributed by atoms with van der Waals surface area (Å²) in [6.45, 7) is 7.21. The molecule has 0 unspecified atom stereocenters. The molecule has 1 aromatic carbocycles. The number of anilines is 1. The van der Waals surface area contributed by atoms with Crippen molar-refractivity contribution in [3.05, 3.63) is 29.8 Å². The van der Waals surface area contributed by atoms with Crippen molar-refractivity contribution in [2.24, 2.45) is 0 Å². The Hall–Kier alpha value is -1.20. The van der Waals surface area contributed by atoms with Crippen LogP contribution in [0.2, 0.25) is 0 Å². The molecular weight excluding hydrogens is 306 g/mol. The van der Waals surface area contributed by atoms with Crippen LogP contribution in [0.25, 0.3) is 0 Å². The molecule has 4 nitrogen and oxygen atoms in total. The van der Waals surface area contributed by atoms with E-state index in [-0.39, 0.29) is 5.91 Å². The molecule has 126 valence electrons. The van der Waals surface area contributed by atoms with Gasteiger partial charge in [-0.1, -0.05) is 18.2 Å². The predicted molar refractivity (Wildman–Crippen MR) is 98.1 cm³/mol. The van der Waals surface area contributed by atoms with Gasteiger partial charge in [0.25, 0.3) is 0 Å². The molecule has 0 bridgehead atoms. The molecule has 2 aliphatic heterocycles. The van der Waals surface area contributed by atoms with Gasteiger partial charge in [-0.3, -0.25) is 4.79 Å². The van der Waals surface area contributed by atoms with E-state index >= 15 is 0 Å². The molecule has 1 amide bonds. The number of hydrogen-bond donors (Lipinski definition) is 1. The van der Waals surface area contributed by atoms with E-state index in [1.807, 2.05) is 4.90 Å². The maximum atomic E-state index is 11.5. The van der Waals surface area contributed by atoms with Crippen molar-refractivity contribution in [3.63, 3.8) is 0 Å². The third-order valence-electron chi connectivity index (χ3n) is 4.77. The summed E-state index contributed by atoms with van der Waals surface area (Å²) >= 11 is 2.10. The molecule has 2 aliphatic rings. The molecule has 2 heterocycles. The minimum Gasteiger partial charge on any atom is -0.368 e. The van der Waals surface area contributed by atoms with Gasteiger partial charge in [0, 0.05) is 57.1 Å². The summed E-state index contributed by atoms with van der Waals surface area (Å²) in [7, 11) is 0. The second-order valence-electron chi connectivity index (χ2n) is 6.39. The quantitative estimate of drug-likeness (QED) is 0.897. The molecule has 2 fully saturated rings. The number of carbonyl (C=O) groups excluding carboxylic acids is 1. The molecule has 1 N–H and O–H groups in total. The van der Waals surface area contributed by atoms with Crippen molar-refractivity contribution in [3.8, 4) is 0 Å². The van der Waals surface area contributed by atoms with E-state index in [0.29, 0.717) is 0 Å². The number of piperazine rings is 1. The highest BCUT2D eigenvalue weighted by Gasteiger charge is 2.20. The van der Waals surface area contributed by atoms with Crippen LogP contribution in [-0.2, 0) is 11.3 Å². The van der Waals surface area contributed by atoms with E-state index < -0.39 is 0 Å². The van der Waals surface area contributed by atoms with Crippen LogP contribution in [0.4, 0.5) is 5.69 Å². The lowest BCUT2D eigenvalue weighted by Gasteiger charge is -2.36. The Morgan fingerprint density at radius 2 is 2.04 bits per heavy atom. The first-order valence-corrected chi connectivity index (χ1v) is 9.69. The van der Waals surface area contributed by atoms with E-state index in [2.05, 4.69) is 46.2 Å². The van der Waals surface area contributed by atoms with Gasteiger partial charge in [0.2, 0.25) is 5.91 Å². The smallest absolute Gasteiger partial charge is 0.219 e. The molecule has 1 aromatic rings. The number of thioether (sulfide) groups is 1. The Kier molecular flexibility index (Phi) is 5.84. The average molecular weight is 334 g/mol. The van der Waals surface area contributed by atoms with E-state index in [0.717, 1.165) is 44.5 Å². The van der Waals surface area contributed by atoms with Crippen molar-refractivity contribution in [2.75, 3.05) is 43.4 Å². The van der Waals surface area contributed by atoms with E-state index in [9.17, 15) is 4.79 Å². The largest absolute Gasteiger partial charge is 0.368 e. The fourth-order valence-corrected chi connectivity index (χ4v) is 4.64. The monoisotopic (exact) mass is 333 g/mol. The summed E-state index contributed by atoms with van der Waals surface area (Å²) in [6.07, 6.45) is 2.72. The Morgan fingerprint density at radius 3 is 2.74 bits per heavy atom. The van der Waals surface area contributed by atoms with E-state index in [4.69, 9.17) is 0 Å². The molecule has 5 heteroatoms. The van der Waals surface area contributed by atoms with Gasteiger partial charge < -0.3 is 15.1 Å². The van der Waals surface area contributed by atoms with Gasteiger partial charge in [0.15, 0.2) is 0 Å². The number of para-hydroxylation sites is 1. The SMILES string of the molecule is CC(=O)N1CCN(c2ccccc2CNC[C@@H]2CCCS2)CC1. The zero-order valence-electron chi connectivity index (χ0n) is 14.0. The first-order chi connectivity index (χ1) is 11.2. The van der Waals surface area contributed by atoms with Gasteiger partial charge in [-0.15, -0.1) is 0 Å². The lowest BCUT2D eigenvalue weighted by atomic mass is 10.1. The molecule has 3 rings (SSSR count). The number of amides is 1. The highest BCUT2D eigenvalue weighted by molar-refractivity contribution is 8.00. The maximum absolute atomic E-state index is 11.5. The zero-order chi connectivity index (χ0) is 16.1. The van der Waals surface area contributed by atoms with Gasteiger partial charge in [-0.05, 0) is 30.2 Å². The average Bonchev–Trinajstić information content (AvgIpc) is 3.09. The second kappa shape index (κ2) is 8.06. The number of hydrogen-bond acceptors (Lipinski definition) is 4. The summed E-state index contributed by atoms with van der Waals surface area (Å²) in [5, 5.41) is 4.43. The minimum absolute atomic E-state index is 0.189. The van der Waals surface area contributed by atoms with Crippen molar-refractivity contribution in [2.45, 2.75) is 31.6 Å². The molecule has 0 spiro atoms. The summed E-state index contributed by atoms with van der Waals surface area (Å²) in [5.41, 5.74) is 2.69. The Bertz CT molecular complexity index is 523. The van der Waals surface area contributed by atoms with Crippen LogP contribution in [0.5, 0.6) is 0 Å². The minimum atomic E-state index is 0.189. The standard InChI is InChI=1S/C18H27N3OS/c1-15(22)20-8-10-21(11-9-20)18-7-3-2-5-16(18)13-19-14-17-6-4-12-23-17/h2-3,5,7,17,19H,4,6,8-14H2,1H3/t17-/m0/s1. The Balaban J connectivity index is 1.56. The maximum Gasteiger partial charge on any atom is 0.219 e. The Morgan fingerprint density at radius 1 is 1.26 bits per heavy atom. The molecule has 0 saturated carbocycles. The highest BCUT2D eigenvalue weighted by Crippen LogP contribution is 2.26. The number of nitrogens with zero attached hydrogens (tertiary/aromatic N) is 2. The van der Waals surface area contributed by atoms with Crippen LogP contribution >= 0.6 is 11.8 Å². The van der Waals surface area contributed by atoms with E-state index in [1.165, 1.54) is 29.8 Å². The summed E-state index contributed by atoms with van der Waals surface area (Å²) in [6, 6.07) is 8.67. The third kappa shape index (κ3) is 4.42. The first kappa shape index (κ1) is 16.7.